The quantitative estimate of drug-likeness (QED) is 0.703. The SMILES string of the molecule is CC(C(=O)NCC(=O)Nc1ccc(F)c(F)c1F)N1CCC(N2CCCC2)CC1. The number of carbonyl (C=O) groups is 2. The van der Waals surface area contributed by atoms with Gasteiger partial charge in [-0.25, -0.2) is 13.2 Å². The van der Waals surface area contributed by atoms with Gasteiger partial charge in [0, 0.05) is 19.1 Å². The Morgan fingerprint density at radius 1 is 1.07 bits per heavy atom. The van der Waals surface area contributed by atoms with Gasteiger partial charge in [0.15, 0.2) is 17.5 Å². The van der Waals surface area contributed by atoms with Gasteiger partial charge in [0.1, 0.15) is 0 Å². The minimum Gasteiger partial charge on any atom is -0.346 e. The zero-order chi connectivity index (χ0) is 21.0. The second-order valence-electron chi connectivity index (χ2n) is 7.68. The molecule has 0 radical (unpaired) electrons. The van der Waals surface area contributed by atoms with E-state index in [2.05, 4.69) is 20.4 Å². The Balaban J connectivity index is 1.43. The van der Waals surface area contributed by atoms with E-state index in [4.69, 9.17) is 0 Å². The van der Waals surface area contributed by atoms with Crippen molar-refractivity contribution in [2.75, 3.05) is 38.0 Å². The van der Waals surface area contributed by atoms with E-state index in [1.54, 1.807) is 6.92 Å². The van der Waals surface area contributed by atoms with Crippen molar-refractivity contribution >= 4 is 17.5 Å². The molecule has 2 fully saturated rings. The molecule has 2 aliphatic heterocycles. The molecule has 0 aliphatic carbocycles. The van der Waals surface area contributed by atoms with Crippen molar-refractivity contribution in [3.63, 3.8) is 0 Å². The number of halogens is 3. The summed E-state index contributed by atoms with van der Waals surface area (Å²) < 4.78 is 39.8. The summed E-state index contributed by atoms with van der Waals surface area (Å²) in [5.74, 6) is -5.48. The molecule has 29 heavy (non-hydrogen) atoms. The maximum atomic E-state index is 13.6. The summed E-state index contributed by atoms with van der Waals surface area (Å²) in [4.78, 5) is 28.9. The highest BCUT2D eigenvalue weighted by atomic mass is 19.2. The van der Waals surface area contributed by atoms with Gasteiger partial charge < -0.3 is 15.5 Å². The molecular formula is C20H27F3N4O2. The first kappa shape index (κ1) is 21.6. The van der Waals surface area contributed by atoms with Gasteiger partial charge in [-0.3, -0.25) is 14.5 Å². The lowest BCUT2D eigenvalue weighted by Crippen LogP contribution is -2.52. The normalized spacial score (nSPS) is 19.9. The number of likely N-dealkylation sites (tertiary alicyclic amines) is 2. The van der Waals surface area contributed by atoms with E-state index in [0.29, 0.717) is 6.04 Å². The first-order valence-electron chi connectivity index (χ1n) is 10.1. The number of anilines is 1. The van der Waals surface area contributed by atoms with Crippen LogP contribution in [0, 0.1) is 17.5 Å². The van der Waals surface area contributed by atoms with Crippen LogP contribution in [0.2, 0.25) is 0 Å². The summed E-state index contributed by atoms with van der Waals surface area (Å²) in [6.07, 6.45) is 4.56. The van der Waals surface area contributed by atoms with Crippen LogP contribution in [0.1, 0.15) is 32.6 Å². The molecule has 1 atom stereocenters. The van der Waals surface area contributed by atoms with Crippen LogP contribution in [0.5, 0.6) is 0 Å². The lowest BCUT2D eigenvalue weighted by atomic mass is 10.0. The van der Waals surface area contributed by atoms with Gasteiger partial charge >= 0.3 is 0 Å². The van der Waals surface area contributed by atoms with Gasteiger partial charge in [0.2, 0.25) is 11.8 Å². The number of benzene rings is 1. The van der Waals surface area contributed by atoms with Crippen molar-refractivity contribution in [1.29, 1.82) is 0 Å². The van der Waals surface area contributed by atoms with Crippen molar-refractivity contribution in [1.82, 2.24) is 15.1 Å². The summed E-state index contributed by atoms with van der Waals surface area (Å²) >= 11 is 0. The number of rotatable bonds is 6. The van der Waals surface area contributed by atoms with Crippen LogP contribution in [-0.4, -0.2) is 66.4 Å². The molecule has 160 valence electrons. The molecule has 2 N–H and O–H groups in total. The largest absolute Gasteiger partial charge is 0.346 e. The highest BCUT2D eigenvalue weighted by Gasteiger charge is 2.30. The minimum absolute atomic E-state index is 0.300. The molecule has 1 unspecified atom stereocenters. The smallest absolute Gasteiger partial charge is 0.243 e. The lowest BCUT2D eigenvalue weighted by molar-refractivity contribution is -0.128. The molecule has 3 rings (SSSR count). The third-order valence-corrected chi connectivity index (χ3v) is 5.82. The van der Waals surface area contributed by atoms with E-state index in [1.165, 1.54) is 12.8 Å². The molecule has 0 saturated carbocycles. The van der Waals surface area contributed by atoms with Gasteiger partial charge in [-0.1, -0.05) is 0 Å². The zero-order valence-electron chi connectivity index (χ0n) is 16.5. The Labute approximate surface area is 168 Å². The Bertz CT molecular complexity index is 747. The van der Waals surface area contributed by atoms with Gasteiger partial charge in [0.05, 0.1) is 18.3 Å². The minimum atomic E-state index is -1.65. The van der Waals surface area contributed by atoms with E-state index >= 15 is 0 Å². The number of nitrogens with one attached hydrogen (secondary N) is 2. The molecule has 0 spiro atoms. The third-order valence-electron chi connectivity index (χ3n) is 5.82. The van der Waals surface area contributed by atoms with Crippen LogP contribution >= 0.6 is 0 Å². The van der Waals surface area contributed by atoms with Crippen molar-refractivity contribution in [3.8, 4) is 0 Å². The van der Waals surface area contributed by atoms with E-state index in [9.17, 15) is 22.8 Å². The predicted molar refractivity (Wildman–Crippen MR) is 103 cm³/mol. The summed E-state index contributed by atoms with van der Waals surface area (Å²) in [6, 6.07) is 1.85. The molecule has 0 aromatic heterocycles. The molecule has 9 heteroatoms. The fraction of sp³-hybridized carbons (Fsp3) is 0.600. The van der Waals surface area contributed by atoms with Gasteiger partial charge in [0.25, 0.3) is 0 Å². The Hall–Kier alpha value is -2.13. The van der Waals surface area contributed by atoms with Crippen LogP contribution in [0.25, 0.3) is 0 Å². The molecule has 1 aromatic rings. The highest BCUT2D eigenvalue weighted by Crippen LogP contribution is 2.22. The van der Waals surface area contributed by atoms with Gasteiger partial charge in [-0.15, -0.1) is 0 Å². The fourth-order valence-electron chi connectivity index (χ4n) is 4.04. The van der Waals surface area contributed by atoms with Crippen LogP contribution < -0.4 is 10.6 Å². The molecule has 2 heterocycles. The van der Waals surface area contributed by atoms with E-state index in [0.717, 1.165) is 51.2 Å². The third kappa shape index (κ3) is 5.27. The number of hydrogen-bond donors (Lipinski definition) is 2. The van der Waals surface area contributed by atoms with Crippen LogP contribution in [-0.2, 0) is 9.59 Å². The second kappa shape index (κ2) is 9.58. The summed E-state index contributed by atoms with van der Waals surface area (Å²) in [5, 5.41) is 4.65. The molecule has 1 aromatic carbocycles. The fourth-order valence-corrected chi connectivity index (χ4v) is 4.04. The molecule has 2 saturated heterocycles. The average molecular weight is 412 g/mol. The average Bonchev–Trinajstić information content (AvgIpc) is 3.27. The zero-order valence-corrected chi connectivity index (χ0v) is 16.5. The summed E-state index contributed by atoms with van der Waals surface area (Å²) in [5.41, 5.74) is -0.472. The van der Waals surface area contributed by atoms with Crippen molar-refractivity contribution in [2.24, 2.45) is 0 Å². The second-order valence-corrected chi connectivity index (χ2v) is 7.68. The Kier molecular flexibility index (Phi) is 7.13. The molecule has 2 amide bonds. The highest BCUT2D eigenvalue weighted by molar-refractivity contribution is 5.95. The van der Waals surface area contributed by atoms with Crippen molar-refractivity contribution < 1.29 is 22.8 Å². The number of hydrogen-bond acceptors (Lipinski definition) is 4. The number of carbonyl (C=O) groups excluding carboxylic acids is 2. The van der Waals surface area contributed by atoms with Crippen LogP contribution in [0.4, 0.5) is 18.9 Å². The number of nitrogens with zero attached hydrogens (tertiary/aromatic N) is 2. The Morgan fingerprint density at radius 3 is 2.38 bits per heavy atom. The summed E-state index contributed by atoms with van der Waals surface area (Å²) in [7, 11) is 0. The first-order valence-corrected chi connectivity index (χ1v) is 10.1. The maximum absolute atomic E-state index is 13.6. The Morgan fingerprint density at radius 2 is 1.72 bits per heavy atom. The lowest BCUT2D eigenvalue weighted by Gasteiger charge is -2.38. The van der Waals surface area contributed by atoms with Crippen molar-refractivity contribution in [3.05, 3.63) is 29.6 Å². The molecule has 6 nitrogen and oxygen atoms in total. The van der Waals surface area contributed by atoms with Gasteiger partial charge in [-0.05, 0) is 57.8 Å². The first-order chi connectivity index (χ1) is 13.9. The number of piperidine rings is 1. The molecule has 2 aliphatic rings. The predicted octanol–water partition coefficient (Wildman–Crippen LogP) is 2.11. The number of amides is 2. The molecule has 0 bridgehead atoms. The standard InChI is InChI=1S/C20H27F3N4O2/c1-13(26-10-6-14(7-11-26)27-8-2-3-9-27)20(29)24-12-17(28)25-16-5-4-15(21)18(22)19(16)23/h4-5,13-14H,2-3,6-12H2,1H3,(H,24,29)(H,25,28). The molecular weight excluding hydrogens is 385 g/mol. The monoisotopic (exact) mass is 412 g/mol. The topological polar surface area (TPSA) is 64.7 Å². The van der Waals surface area contributed by atoms with Crippen LogP contribution in [0.15, 0.2) is 12.1 Å². The summed E-state index contributed by atoms with van der Waals surface area (Å²) in [6.45, 7) is 5.37. The van der Waals surface area contributed by atoms with E-state index in [1.807, 2.05) is 0 Å². The van der Waals surface area contributed by atoms with E-state index in [-0.39, 0.29) is 18.5 Å². The van der Waals surface area contributed by atoms with Gasteiger partial charge in [-0.2, -0.15) is 0 Å². The van der Waals surface area contributed by atoms with Crippen LogP contribution in [0.3, 0.4) is 0 Å². The maximum Gasteiger partial charge on any atom is 0.243 e. The van der Waals surface area contributed by atoms with Crippen molar-refractivity contribution in [2.45, 2.75) is 44.7 Å². The van der Waals surface area contributed by atoms with E-state index < -0.39 is 29.0 Å².